The Morgan fingerprint density at radius 3 is 2.18 bits per heavy atom. The van der Waals surface area contributed by atoms with E-state index in [-0.39, 0.29) is 17.8 Å². The highest BCUT2D eigenvalue weighted by Crippen LogP contribution is 2.42. The average Bonchev–Trinajstić information content (AvgIpc) is 2.72. The molecule has 28 heavy (non-hydrogen) atoms. The standard InChI is InChI=1S/C19H22N4O5/c1-26-16-8-12(9-17(27-2)18(16)28-3)15-10-14(21-19(20)22-15)11-4-6-13(7-5-11)23(24)25/h4-9,14-15H,10H2,1-3H3,(H3,20,21,22). The van der Waals surface area contributed by atoms with Crippen LogP contribution in [0.25, 0.3) is 0 Å². The zero-order valence-corrected chi connectivity index (χ0v) is 15.8. The van der Waals surface area contributed by atoms with Crippen LogP contribution in [-0.2, 0) is 0 Å². The number of nitro groups is 1. The molecule has 0 aliphatic carbocycles. The Morgan fingerprint density at radius 2 is 1.68 bits per heavy atom. The van der Waals surface area contributed by atoms with Crippen molar-refractivity contribution in [2.45, 2.75) is 18.5 Å². The number of benzene rings is 2. The van der Waals surface area contributed by atoms with E-state index < -0.39 is 4.92 Å². The Morgan fingerprint density at radius 1 is 1.07 bits per heavy atom. The fourth-order valence-electron chi connectivity index (χ4n) is 3.27. The lowest BCUT2D eigenvalue weighted by Crippen LogP contribution is -2.39. The molecule has 2 aromatic carbocycles. The molecule has 9 heteroatoms. The van der Waals surface area contributed by atoms with Crippen molar-refractivity contribution in [3.63, 3.8) is 0 Å². The topological polar surface area (TPSA) is 121 Å². The Bertz CT molecular complexity index is 873. The number of aliphatic imine (C=N–C) groups is 1. The summed E-state index contributed by atoms with van der Waals surface area (Å²) in [4.78, 5) is 14.9. The number of nitro benzene ring substituents is 1. The van der Waals surface area contributed by atoms with E-state index in [2.05, 4.69) is 10.3 Å². The number of non-ortho nitro benzene ring substituents is 1. The van der Waals surface area contributed by atoms with E-state index in [1.165, 1.54) is 12.1 Å². The zero-order valence-electron chi connectivity index (χ0n) is 15.8. The fourth-order valence-corrected chi connectivity index (χ4v) is 3.27. The number of nitrogens with one attached hydrogen (secondary N) is 1. The van der Waals surface area contributed by atoms with Crippen LogP contribution in [0.4, 0.5) is 5.69 Å². The summed E-state index contributed by atoms with van der Waals surface area (Å²) in [6.07, 6.45) is 0.608. The molecule has 0 fully saturated rings. The van der Waals surface area contributed by atoms with Crippen LogP contribution < -0.4 is 25.3 Å². The number of nitrogens with two attached hydrogens (primary N) is 1. The van der Waals surface area contributed by atoms with Gasteiger partial charge in [0.2, 0.25) is 5.75 Å². The molecule has 1 aliphatic rings. The highest BCUT2D eigenvalue weighted by molar-refractivity contribution is 5.79. The van der Waals surface area contributed by atoms with Crippen molar-refractivity contribution in [1.82, 2.24) is 5.32 Å². The van der Waals surface area contributed by atoms with E-state index in [1.54, 1.807) is 33.5 Å². The lowest BCUT2D eigenvalue weighted by atomic mass is 9.93. The average molecular weight is 386 g/mol. The van der Waals surface area contributed by atoms with Gasteiger partial charge < -0.3 is 25.3 Å². The van der Waals surface area contributed by atoms with Crippen molar-refractivity contribution in [2.24, 2.45) is 10.7 Å². The minimum Gasteiger partial charge on any atom is -0.493 e. The van der Waals surface area contributed by atoms with Crippen molar-refractivity contribution in [3.05, 3.63) is 57.6 Å². The van der Waals surface area contributed by atoms with Gasteiger partial charge in [-0.25, -0.2) is 4.99 Å². The number of nitrogens with zero attached hydrogens (tertiary/aromatic N) is 2. The minimum absolute atomic E-state index is 0.0439. The van der Waals surface area contributed by atoms with Crippen LogP contribution in [0.15, 0.2) is 41.4 Å². The van der Waals surface area contributed by atoms with Crippen LogP contribution in [0.1, 0.15) is 29.6 Å². The summed E-state index contributed by atoms with van der Waals surface area (Å²) < 4.78 is 16.2. The minimum atomic E-state index is -0.424. The molecule has 3 N–H and O–H groups in total. The Balaban J connectivity index is 1.92. The van der Waals surface area contributed by atoms with Crippen molar-refractivity contribution < 1.29 is 19.1 Å². The predicted octanol–water partition coefficient (Wildman–Crippen LogP) is 2.71. The first-order valence-corrected chi connectivity index (χ1v) is 8.60. The maximum atomic E-state index is 10.9. The van der Waals surface area contributed by atoms with Gasteiger partial charge in [-0.3, -0.25) is 10.1 Å². The molecule has 0 spiro atoms. The third-order valence-corrected chi connectivity index (χ3v) is 4.65. The van der Waals surface area contributed by atoms with Crippen molar-refractivity contribution in [2.75, 3.05) is 21.3 Å². The molecular formula is C19H22N4O5. The maximum absolute atomic E-state index is 10.9. The molecule has 148 valence electrons. The largest absolute Gasteiger partial charge is 0.493 e. The summed E-state index contributed by atoms with van der Waals surface area (Å²) in [6.45, 7) is 0. The van der Waals surface area contributed by atoms with E-state index >= 15 is 0 Å². The Kier molecular flexibility index (Phi) is 5.53. The lowest BCUT2D eigenvalue weighted by molar-refractivity contribution is -0.384. The summed E-state index contributed by atoms with van der Waals surface area (Å²) in [5.74, 6) is 1.88. The Labute approximate surface area is 162 Å². The highest BCUT2D eigenvalue weighted by Gasteiger charge is 2.27. The zero-order chi connectivity index (χ0) is 20.3. The van der Waals surface area contributed by atoms with Crippen molar-refractivity contribution in [1.29, 1.82) is 0 Å². The van der Waals surface area contributed by atoms with Crippen LogP contribution in [0, 0.1) is 10.1 Å². The molecule has 3 rings (SSSR count). The molecule has 0 saturated heterocycles. The summed E-state index contributed by atoms with van der Waals surface area (Å²) in [5.41, 5.74) is 7.81. The van der Waals surface area contributed by atoms with E-state index in [0.717, 1.165) is 11.1 Å². The van der Waals surface area contributed by atoms with Crippen LogP contribution in [0.2, 0.25) is 0 Å². The molecule has 2 aromatic rings. The summed E-state index contributed by atoms with van der Waals surface area (Å²) in [6, 6.07) is 9.72. The van der Waals surface area contributed by atoms with Gasteiger partial charge in [-0.15, -0.1) is 0 Å². The normalized spacial score (nSPS) is 18.6. The number of hydrogen-bond donors (Lipinski definition) is 2. The quantitative estimate of drug-likeness (QED) is 0.578. The predicted molar refractivity (Wildman–Crippen MR) is 104 cm³/mol. The molecule has 9 nitrogen and oxygen atoms in total. The second-order valence-corrected chi connectivity index (χ2v) is 6.27. The lowest BCUT2D eigenvalue weighted by Gasteiger charge is -2.29. The highest BCUT2D eigenvalue weighted by atomic mass is 16.6. The number of ether oxygens (including phenoxy) is 3. The molecule has 0 amide bonds. The summed E-state index contributed by atoms with van der Waals surface area (Å²) in [5, 5.41) is 14.0. The third-order valence-electron chi connectivity index (χ3n) is 4.65. The van der Waals surface area contributed by atoms with Gasteiger partial charge in [0.25, 0.3) is 5.69 Å². The Hall–Kier alpha value is -3.49. The molecule has 1 aliphatic heterocycles. The molecular weight excluding hydrogens is 364 g/mol. The SMILES string of the molecule is COc1cc(C2CC(c3ccc([N+](=O)[O-])cc3)NC(N)=N2)cc(OC)c1OC. The van der Waals surface area contributed by atoms with Crippen LogP contribution in [0.5, 0.6) is 17.2 Å². The number of hydrogen-bond acceptors (Lipinski definition) is 8. The molecule has 0 bridgehead atoms. The molecule has 0 aromatic heterocycles. The number of methoxy groups -OCH3 is 3. The van der Waals surface area contributed by atoms with Crippen LogP contribution in [0.3, 0.4) is 0 Å². The van der Waals surface area contributed by atoms with Crippen LogP contribution in [-0.4, -0.2) is 32.2 Å². The molecule has 2 atom stereocenters. The van der Waals surface area contributed by atoms with Gasteiger partial charge in [-0.1, -0.05) is 12.1 Å². The second-order valence-electron chi connectivity index (χ2n) is 6.27. The van der Waals surface area contributed by atoms with E-state index in [0.29, 0.717) is 29.6 Å². The van der Waals surface area contributed by atoms with Crippen LogP contribution >= 0.6 is 0 Å². The molecule has 0 saturated carbocycles. The number of rotatable bonds is 6. The second kappa shape index (κ2) is 8.03. The van der Waals surface area contributed by atoms with Crippen molar-refractivity contribution >= 4 is 11.6 Å². The first-order chi connectivity index (χ1) is 13.5. The molecule has 2 unspecified atom stereocenters. The fraction of sp³-hybridized carbons (Fsp3) is 0.316. The van der Waals surface area contributed by atoms with Crippen molar-refractivity contribution in [3.8, 4) is 17.2 Å². The number of guanidine groups is 1. The maximum Gasteiger partial charge on any atom is 0.269 e. The molecule has 1 heterocycles. The van der Waals surface area contributed by atoms with Gasteiger partial charge >= 0.3 is 0 Å². The smallest absolute Gasteiger partial charge is 0.269 e. The monoisotopic (exact) mass is 386 g/mol. The summed E-state index contributed by atoms with van der Waals surface area (Å²) in [7, 11) is 4.66. The van der Waals surface area contributed by atoms with Gasteiger partial charge in [0, 0.05) is 12.1 Å². The third kappa shape index (κ3) is 3.78. The van der Waals surface area contributed by atoms with Gasteiger partial charge in [0.15, 0.2) is 17.5 Å². The van der Waals surface area contributed by atoms with E-state index in [1.807, 2.05) is 12.1 Å². The van der Waals surface area contributed by atoms with E-state index in [9.17, 15) is 10.1 Å². The molecule has 0 radical (unpaired) electrons. The van der Waals surface area contributed by atoms with Gasteiger partial charge in [-0.2, -0.15) is 0 Å². The van der Waals surface area contributed by atoms with E-state index in [4.69, 9.17) is 19.9 Å². The van der Waals surface area contributed by atoms with Gasteiger partial charge in [0.05, 0.1) is 38.3 Å². The summed E-state index contributed by atoms with van der Waals surface area (Å²) >= 11 is 0. The first kappa shape index (κ1) is 19.3. The first-order valence-electron chi connectivity index (χ1n) is 8.60. The van der Waals surface area contributed by atoms with Gasteiger partial charge in [0.1, 0.15) is 0 Å². The van der Waals surface area contributed by atoms with Gasteiger partial charge in [-0.05, 0) is 29.7 Å².